The van der Waals surface area contributed by atoms with Gasteiger partial charge in [0.05, 0.1) is 11.8 Å². The average molecular weight is 448 g/mol. The number of hydrogen-bond acceptors (Lipinski definition) is 0. The van der Waals surface area contributed by atoms with Gasteiger partial charge in [-0.3, -0.25) is 0 Å². The maximum absolute atomic E-state index is 3.61. The van der Waals surface area contributed by atoms with E-state index in [4.69, 9.17) is 0 Å². The fourth-order valence-corrected chi connectivity index (χ4v) is 6.04. The van der Waals surface area contributed by atoms with Crippen LogP contribution in [0.25, 0.3) is 0 Å². The van der Waals surface area contributed by atoms with Crippen LogP contribution in [0.15, 0.2) is 24.3 Å². The Labute approximate surface area is 155 Å². The average Bonchev–Trinajstić information content (AvgIpc) is 2.50. The lowest BCUT2D eigenvalue weighted by molar-refractivity contribution is 0.584. The molecule has 1 aromatic rings. The van der Waals surface area contributed by atoms with E-state index in [1.807, 2.05) is 0 Å². The molecule has 0 saturated carbocycles. The molecule has 0 saturated heterocycles. The summed E-state index contributed by atoms with van der Waals surface area (Å²) < 4.78 is 0.271. The summed E-state index contributed by atoms with van der Waals surface area (Å²) >= 11 is 7.23. The van der Waals surface area contributed by atoms with Gasteiger partial charge in [0, 0.05) is 0 Å². The molecule has 0 aliphatic carbocycles. The van der Waals surface area contributed by atoms with E-state index in [1.165, 1.54) is 63.0 Å². The number of alkyl halides is 2. The van der Waals surface area contributed by atoms with Gasteiger partial charge in [-0.05, 0) is 5.56 Å². The zero-order valence-electron chi connectivity index (χ0n) is 14.5. The van der Waals surface area contributed by atoms with Crippen LogP contribution in [0.3, 0.4) is 0 Å². The van der Waals surface area contributed by atoms with Crippen molar-refractivity contribution < 1.29 is 0 Å². The van der Waals surface area contributed by atoms with Crippen LogP contribution >= 0.6 is 31.9 Å². The Morgan fingerprint density at radius 1 is 0.909 bits per heavy atom. The summed E-state index contributed by atoms with van der Waals surface area (Å²) in [5.74, 6) is 0. The lowest BCUT2D eigenvalue weighted by atomic mass is 10.1. The van der Waals surface area contributed by atoms with Crippen molar-refractivity contribution in [1.29, 1.82) is 0 Å². The van der Waals surface area contributed by atoms with Gasteiger partial charge in [0.25, 0.3) is 0 Å². The smallest absolute Gasteiger partial charge is 0.0712 e. The Bertz CT molecular complexity index is 416. The number of hydrogen-bond donors (Lipinski definition) is 0. The van der Waals surface area contributed by atoms with Crippen molar-refractivity contribution >= 4 is 45.1 Å². The van der Waals surface area contributed by atoms with Crippen molar-refractivity contribution in [3.8, 4) is 0 Å². The second kappa shape index (κ2) is 11.0. The summed E-state index contributed by atoms with van der Waals surface area (Å²) in [6.45, 7) is 7.32. The van der Waals surface area contributed by atoms with Gasteiger partial charge in [-0.2, -0.15) is 0 Å². The minimum absolute atomic E-state index is 0.271. The molecule has 0 aliphatic rings. The molecule has 0 heterocycles. The van der Waals surface area contributed by atoms with Crippen molar-refractivity contribution in [2.45, 2.75) is 81.2 Å². The van der Waals surface area contributed by atoms with Gasteiger partial charge in [0.1, 0.15) is 0 Å². The van der Waals surface area contributed by atoms with Gasteiger partial charge in [-0.25, -0.2) is 0 Å². The molecule has 0 aliphatic heterocycles. The van der Waals surface area contributed by atoms with Gasteiger partial charge in [0.2, 0.25) is 0 Å². The third-order valence-corrected chi connectivity index (χ3v) is 9.11. The van der Waals surface area contributed by atoms with Crippen molar-refractivity contribution in [3.05, 3.63) is 29.8 Å². The Kier molecular flexibility index (Phi) is 10.3. The molecule has 3 heteroatoms. The molecule has 0 amide bonds. The van der Waals surface area contributed by atoms with E-state index in [-0.39, 0.29) is 3.74 Å². The molecule has 0 nitrogen and oxygen atoms in total. The zero-order valence-corrected chi connectivity index (χ0v) is 18.7. The molecule has 0 bridgehead atoms. The second-order valence-electron chi connectivity index (χ2n) is 7.03. The Morgan fingerprint density at radius 3 is 2.09 bits per heavy atom. The molecule has 0 spiro atoms. The second-order valence-corrected chi connectivity index (χ2v) is 14.9. The highest BCUT2D eigenvalue weighted by molar-refractivity contribution is 9.24. The maximum atomic E-state index is 3.61. The number of unbranched alkanes of at least 4 members (excludes halogenated alkanes) is 7. The first-order chi connectivity index (χ1) is 10.5. The van der Waals surface area contributed by atoms with Crippen LogP contribution in [0.2, 0.25) is 19.1 Å². The molecular formula is C19H32Br2Si. The summed E-state index contributed by atoms with van der Waals surface area (Å²) in [6, 6.07) is 10.6. The van der Waals surface area contributed by atoms with E-state index in [9.17, 15) is 0 Å². The molecule has 126 valence electrons. The van der Waals surface area contributed by atoms with Gasteiger partial charge in [0.15, 0.2) is 0 Å². The van der Waals surface area contributed by atoms with Crippen LogP contribution in [0.4, 0.5) is 0 Å². The summed E-state index contributed by atoms with van der Waals surface area (Å²) in [6.07, 6.45) is 11.3. The molecule has 1 aromatic carbocycles. The third-order valence-electron chi connectivity index (χ3n) is 4.58. The van der Waals surface area contributed by atoms with E-state index < -0.39 is 8.07 Å². The summed E-state index contributed by atoms with van der Waals surface area (Å²) in [5.41, 5.74) is 1.34. The van der Waals surface area contributed by atoms with E-state index in [2.05, 4.69) is 76.1 Å². The lowest BCUT2D eigenvalue weighted by Crippen LogP contribution is -2.41. The van der Waals surface area contributed by atoms with Gasteiger partial charge >= 0.3 is 0 Å². The highest BCUT2D eigenvalue weighted by atomic mass is 79.9. The molecule has 0 aromatic heterocycles. The predicted molar refractivity (Wildman–Crippen MR) is 112 cm³/mol. The van der Waals surface area contributed by atoms with Crippen LogP contribution < -0.4 is 5.19 Å². The van der Waals surface area contributed by atoms with Gasteiger partial charge in [-0.15, -0.1) is 0 Å². The van der Waals surface area contributed by atoms with Crippen molar-refractivity contribution in [1.82, 2.24) is 0 Å². The first-order valence-corrected chi connectivity index (χ1v) is 13.9. The predicted octanol–water partition coefficient (Wildman–Crippen LogP) is 7.53. The summed E-state index contributed by atoms with van der Waals surface area (Å²) in [4.78, 5) is 0. The lowest BCUT2D eigenvalue weighted by Gasteiger charge is -2.24. The SMILES string of the molecule is CCCCCCCCCC[Si](C)(C)c1cccc(C(Br)Br)c1. The third kappa shape index (κ3) is 7.78. The Hall–Kier alpha value is 0.397. The number of rotatable bonds is 11. The van der Waals surface area contributed by atoms with Crippen molar-refractivity contribution in [2.75, 3.05) is 0 Å². The van der Waals surface area contributed by atoms with Crippen LogP contribution in [0.5, 0.6) is 0 Å². The van der Waals surface area contributed by atoms with Gasteiger partial charge < -0.3 is 0 Å². The monoisotopic (exact) mass is 446 g/mol. The first-order valence-electron chi connectivity index (χ1n) is 8.86. The zero-order chi connectivity index (χ0) is 16.4. The highest BCUT2D eigenvalue weighted by Crippen LogP contribution is 2.29. The molecule has 0 N–H and O–H groups in total. The molecular weight excluding hydrogens is 416 g/mol. The van der Waals surface area contributed by atoms with Crippen LogP contribution in [0, 0.1) is 0 Å². The van der Waals surface area contributed by atoms with E-state index in [0.29, 0.717) is 0 Å². The molecule has 0 unspecified atom stereocenters. The quantitative estimate of drug-likeness (QED) is 0.187. The number of halogens is 2. The molecule has 0 radical (unpaired) electrons. The van der Waals surface area contributed by atoms with E-state index in [0.717, 1.165) is 0 Å². The summed E-state index contributed by atoms with van der Waals surface area (Å²) in [5, 5.41) is 1.59. The normalized spacial score (nSPS) is 12.1. The largest absolute Gasteiger partial charge is 0.0946 e. The minimum atomic E-state index is -1.28. The van der Waals surface area contributed by atoms with Crippen LogP contribution in [0.1, 0.15) is 67.6 Å². The molecule has 1 rings (SSSR count). The summed E-state index contributed by atoms with van der Waals surface area (Å²) in [7, 11) is -1.28. The highest BCUT2D eigenvalue weighted by Gasteiger charge is 2.23. The Morgan fingerprint density at radius 2 is 1.50 bits per heavy atom. The fraction of sp³-hybridized carbons (Fsp3) is 0.684. The molecule has 22 heavy (non-hydrogen) atoms. The van der Waals surface area contributed by atoms with E-state index >= 15 is 0 Å². The molecule has 0 fully saturated rings. The number of benzene rings is 1. The van der Waals surface area contributed by atoms with Crippen molar-refractivity contribution in [2.24, 2.45) is 0 Å². The van der Waals surface area contributed by atoms with Crippen molar-refractivity contribution in [3.63, 3.8) is 0 Å². The minimum Gasteiger partial charge on any atom is -0.0712 e. The first kappa shape index (κ1) is 20.4. The topological polar surface area (TPSA) is 0 Å². The standard InChI is InChI=1S/C19H32Br2Si/c1-4-5-6-7-8-9-10-11-15-22(2,3)18-14-12-13-17(16-18)19(20)21/h12-14,16,19H,4-11,15H2,1-3H3. The Balaban J connectivity index is 2.33. The molecule has 0 atom stereocenters. The van der Waals surface area contributed by atoms with E-state index in [1.54, 1.807) is 5.19 Å². The fourth-order valence-electron chi connectivity index (χ4n) is 2.94. The van der Waals surface area contributed by atoms with Gasteiger partial charge in [-0.1, -0.05) is 139 Å². The maximum Gasteiger partial charge on any atom is 0.0946 e. The van der Waals surface area contributed by atoms with Crippen LogP contribution in [-0.4, -0.2) is 8.07 Å². The van der Waals surface area contributed by atoms with Crippen LogP contribution in [-0.2, 0) is 0 Å².